The van der Waals surface area contributed by atoms with Gasteiger partial charge >= 0.3 is 0 Å². The summed E-state index contributed by atoms with van der Waals surface area (Å²) >= 11 is 0. The number of benzene rings is 1. The number of aromatic amines is 1. The molecule has 1 aromatic carbocycles. The minimum atomic E-state index is -0.917. The van der Waals surface area contributed by atoms with Crippen molar-refractivity contribution < 1.29 is 5.11 Å². The van der Waals surface area contributed by atoms with Gasteiger partial charge in [-0.15, -0.1) is 0 Å². The molecular formula is C19H26N6O. The van der Waals surface area contributed by atoms with Crippen LogP contribution in [0.5, 0.6) is 0 Å². The van der Waals surface area contributed by atoms with E-state index in [-0.39, 0.29) is 6.10 Å². The largest absolute Gasteiger partial charge is 0.393 e. The molecule has 6 N–H and O–H groups in total. The van der Waals surface area contributed by atoms with E-state index in [4.69, 9.17) is 5.73 Å². The molecule has 1 aromatic heterocycles. The molecule has 138 valence electrons. The van der Waals surface area contributed by atoms with E-state index in [1.165, 1.54) is 0 Å². The SMILES string of the molecule is CCN=C1NC(N)(c2ccc(N3CCC(O)CC3)cc2)Nc2cc[nH]c21. The third kappa shape index (κ3) is 3.04. The molecule has 7 nitrogen and oxygen atoms in total. The molecule has 0 spiro atoms. The number of rotatable bonds is 3. The lowest BCUT2D eigenvalue weighted by atomic mass is 10.0. The topological polar surface area (TPSA) is 102 Å². The van der Waals surface area contributed by atoms with E-state index >= 15 is 0 Å². The van der Waals surface area contributed by atoms with Gasteiger partial charge in [0.2, 0.25) is 0 Å². The number of aliphatic hydroxyl groups is 1. The minimum Gasteiger partial charge on any atom is -0.393 e. The van der Waals surface area contributed by atoms with Gasteiger partial charge in [0.1, 0.15) is 11.5 Å². The number of aliphatic hydroxyl groups excluding tert-OH is 1. The Kier molecular flexibility index (Phi) is 4.34. The zero-order valence-corrected chi connectivity index (χ0v) is 15.0. The minimum absolute atomic E-state index is 0.166. The van der Waals surface area contributed by atoms with Crippen molar-refractivity contribution in [1.82, 2.24) is 10.3 Å². The van der Waals surface area contributed by atoms with Gasteiger partial charge in [-0.3, -0.25) is 10.7 Å². The maximum atomic E-state index is 9.68. The van der Waals surface area contributed by atoms with Crippen molar-refractivity contribution in [3.63, 3.8) is 0 Å². The summed E-state index contributed by atoms with van der Waals surface area (Å²) in [5.41, 5.74) is 10.6. The number of piperidine rings is 1. The van der Waals surface area contributed by atoms with Crippen molar-refractivity contribution in [1.29, 1.82) is 0 Å². The Morgan fingerprint density at radius 1 is 1.19 bits per heavy atom. The molecule has 1 atom stereocenters. The average Bonchev–Trinajstić information content (AvgIpc) is 3.11. The van der Waals surface area contributed by atoms with Gasteiger partial charge < -0.3 is 25.6 Å². The summed E-state index contributed by atoms with van der Waals surface area (Å²) in [6, 6.07) is 10.2. The number of hydrogen-bond donors (Lipinski definition) is 5. The van der Waals surface area contributed by atoms with Gasteiger partial charge in [-0.05, 0) is 38.0 Å². The van der Waals surface area contributed by atoms with Gasteiger partial charge in [-0.2, -0.15) is 0 Å². The Bertz CT molecular complexity index is 791. The number of fused-ring (bicyclic) bond motifs is 1. The van der Waals surface area contributed by atoms with Crippen molar-refractivity contribution in [3.05, 3.63) is 47.8 Å². The van der Waals surface area contributed by atoms with E-state index in [2.05, 4.69) is 37.6 Å². The lowest BCUT2D eigenvalue weighted by Gasteiger charge is -2.38. The van der Waals surface area contributed by atoms with Crippen LogP contribution >= 0.6 is 0 Å². The second-order valence-corrected chi connectivity index (χ2v) is 6.91. The fourth-order valence-corrected chi connectivity index (χ4v) is 3.64. The fourth-order valence-electron chi connectivity index (χ4n) is 3.64. The molecule has 1 unspecified atom stereocenters. The fraction of sp³-hybridized carbons (Fsp3) is 0.421. The van der Waals surface area contributed by atoms with Gasteiger partial charge in [0.05, 0.1) is 11.8 Å². The zero-order valence-electron chi connectivity index (χ0n) is 15.0. The Balaban J connectivity index is 1.58. The highest BCUT2D eigenvalue weighted by Crippen LogP contribution is 2.29. The van der Waals surface area contributed by atoms with E-state index in [0.717, 1.165) is 54.4 Å². The molecule has 0 radical (unpaired) electrons. The van der Waals surface area contributed by atoms with Crippen LogP contribution in [0.4, 0.5) is 11.4 Å². The number of aliphatic imine (C=N–C) groups is 1. The number of aromatic nitrogens is 1. The third-order valence-electron chi connectivity index (χ3n) is 5.10. The Morgan fingerprint density at radius 3 is 2.62 bits per heavy atom. The summed E-state index contributed by atoms with van der Waals surface area (Å²) in [7, 11) is 0. The predicted molar refractivity (Wildman–Crippen MR) is 104 cm³/mol. The molecular weight excluding hydrogens is 328 g/mol. The van der Waals surface area contributed by atoms with Crippen molar-refractivity contribution in [2.45, 2.75) is 31.7 Å². The summed E-state index contributed by atoms with van der Waals surface area (Å²) in [6.07, 6.45) is 3.35. The molecule has 4 rings (SSSR count). The van der Waals surface area contributed by atoms with Crippen LogP contribution in [0, 0.1) is 0 Å². The Labute approximate surface area is 153 Å². The highest BCUT2D eigenvalue weighted by molar-refractivity contribution is 6.04. The summed E-state index contributed by atoms with van der Waals surface area (Å²) < 4.78 is 0. The van der Waals surface area contributed by atoms with Gasteiger partial charge in [0.25, 0.3) is 0 Å². The van der Waals surface area contributed by atoms with Crippen LogP contribution in [0.25, 0.3) is 0 Å². The van der Waals surface area contributed by atoms with Crippen molar-refractivity contribution in [3.8, 4) is 0 Å². The number of hydrogen-bond acceptors (Lipinski definition) is 5. The summed E-state index contributed by atoms with van der Waals surface area (Å²) in [6.45, 7) is 4.44. The van der Waals surface area contributed by atoms with Crippen molar-refractivity contribution >= 4 is 17.2 Å². The van der Waals surface area contributed by atoms with Crippen LogP contribution in [0.3, 0.4) is 0 Å². The van der Waals surface area contributed by atoms with Gasteiger partial charge in [-0.1, -0.05) is 12.1 Å². The second kappa shape index (κ2) is 6.66. The summed E-state index contributed by atoms with van der Waals surface area (Å²) in [5, 5.41) is 16.4. The van der Waals surface area contributed by atoms with Gasteiger partial charge in [0, 0.05) is 37.1 Å². The standard InChI is InChI=1S/C19H26N6O/c1-2-21-18-17-16(7-10-22-17)23-19(20,24-18)13-3-5-14(6-4-13)25-11-8-15(26)9-12-25/h3-7,10,15,22-23,26H,2,8-9,11-12,20H2,1H3,(H,21,24). The molecule has 2 aliphatic rings. The molecule has 1 saturated heterocycles. The van der Waals surface area contributed by atoms with Crippen molar-refractivity contribution in [2.24, 2.45) is 10.7 Å². The van der Waals surface area contributed by atoms with E-state index in [0.29, 0.717) is 6.54 Å². The molecule has 0 amide bonds. The quantitative estimate of drug-likeness (QED) is 0.575. The summed E-state index contributed by atoms with van der Waals surface area (Å²) in [4.78, 5) is 10.0. The van der Waals surface area contributed by atoms with Crippen LogP contribution in [-0.4, -0.2) is 41.7 Å². The number of nitrogens with zero attached hydrogens (tertiary/aromatic N) is 2. The molecule has 26 heavy (non-hydrogen) atoms. The van der Waals surface area contributed by atoms with Gasteiger partial charge in [0.15, 0.2) is 5.79 Å². The number of amidine groups is 1. The lowest BCUT2D eigenvalue weighted by molar-refractivity contribution is 0.145. The Hall–Kier alpha value is -2.51. The third-order valence-corrected chi connectivity index (χ3v) is 5.10. The maximum Gasteiger partial charge on any atom is 0.190 e. The first-order valence-electron chi connectivity index (χ1n) is 9.20. The predicted octanol–water partition coefficient (Wildman–Crippen LogP) is 1.53. The smallest absolute Gasteiger partial charge is 0.190 e. The van der Waals surface area contributed by atoms with Crippen LogP contribution < -0.4 is 21.3 Å². The number of nitrogens with one attached hydrogen (secondary N) is 3. The summed E-state index contributed by atoms with van der Waals surface area (Å²) in [5.74, 6) is -0.150. The van der Waals surface area contributed by atoms with Crippen LogP contribution in [0.2, 0.25) is 0 Å². The first-order valence-corrected chi connectivity index (χ1v) is 9.20. The monoisotopic (exact) mass is 354 g/mol. The molecule has 2 aliphatic heterocycles. The van der Waals surface area contributed by atoms with Crippen LogP contribution in [0.1, 0.15) is 31.0 Å². The van der Waals surface area contributed by atoms with Crippen LogP contribution in [0.15, 0.2) is 41.5 Å². The Morgan fingerprint density at radius 2 is 1.92 bits per heavy atom. The first-order chi connectivity index (χ1) is 12.6. The highest BCUT2D eigenvalue weighted by Gasteiger charge is 2.35. The molecule has 2 aromatic rings. The van der Waals surface area contributed by atoms with E-state index in [1.54, 1.807) is 0 Å². The van der Waals surface area contributed by atoms with Crippen molar-refractivity contribution in [2.75, 3.05) is 29.9 Å². The maximum absolute atomic E-state index is 9.68. The zero-order chi connectivity index (χ0) is 18.1. The normalized spacial score (nSPS) is 24.9. The number of H-pyrrole nitrogens is 1. The van der Waals surface area contributed by atoms with Crippen LogP contribution in [-0.2, 0) is 5.79 Å². The first kappa shape index (κ1) is 16.9. The van der Waals surface area contributed by atoms with E-state index in [1.807, 2.05) is 31.3 Å². The number of anilines is 2. The van der Waals surface area contributed by atoms with E-state index < -0.39 is 5.79 Å². The molecule has 0 bridgehead atoms. The molecule has 7 heteroatoms. The average molecular weight is 354 g/mol. The van der Waals surface area contributed by atoms with E-state index in [9.17, 15) is 5.11 Å². The molecule has 0 aliphatic carbocycles. The molecule has 0 saturated carbocycles. The highest BCUT2D eigenvalue weighted by atomic mass is 16.3. The second-order valence-electron chi connectivity index (χ2n) is 6.91. The van der Waals surface area contributed by atoms with Gasteiger partial charge in [-0.25, -0.2) is 0 Å². The number of nitrogens with two attached hydrogens (primary N) is 1. The molecule has 1 fully saturated rings. The lowest BCUT2D eigenvalue weighted by Crippen LogP contribution is -2.61. The molecule has 3 heterocycles.